The van der Waals surface area contributed by atoms with Gasteiger partial charge in [-0.3, -0.25) is 28.5 Å². The molecule has 32 heavy (non-hydrogen) atoms. The molecule has 1 aromatic carbocycles. The number of anilines is 1. The van der Waals surface area contributed by atoms with Crippen molar-refractivity contribution in [1.29, 1.82) is 0 Å². The molecule has 0 saturated heterocycles. The molecule has 9 nitrogen and oxygen atoms in total. The van der Waals surface area contributed by atoms with Crippen LogP contribution in [0.3, 0.4) is 0 Å². The number of amides is 1. The average Bonchev–Trinajstić information content (AvgIpc) is 2.80. The maximum Gasteiger partial charge on any atom is 0.332 e. The summed E-state index contributed by atoms with van der Waals surface area (Å²) in [6.07, 6.45) is 4.62. The van der Waals surface area contributed by atoms with Gasteiger partial charge in [-0.25, -0.2) is 9.78 Å². The molecular weight excluding hydrogens is 410 g/mol. The summed E-state index contributed by atoms with van der Waals surface area (Å²) in [4.78, 5) is 58.6. The number of carbonyl (C=O) groups excluding carboxylic acids is 2. The second-order valence-corrected chi connectivity index (χ2v) is 7.18. The SMILES string of the molecule is CC(=O)c1cccc(NC(=O)Cn2c(=O)n(Cc3cccnc3)c(=O)c3ncccc32)c1. The van der Waals surface area contributed by atoms with Crippen molar-refractivity contribution in [2.75, 3.05) is 5.32 Å². The van der Waals surface area contributed by atoms with Crippen LogP contribution in [0.1, 0.15) is 22.8 Å². The van der Waals surface area contributed by atoms with E-state index in [1.807, 2.05) is 0 Å². The standard InChI is InChI=1S/C23H19N5O4/c1-15(29)17-6-2-7-18(11-17)26-20(30)14-27-19-8-4-10-25-21(19)22(31)28(23(27)32)13-16-5-3-9-24-12-16/h2-12H,13-14H2,1H3,(H,26,30). The van der Waals surface area contributed by atoms with Crippen LogP contribution < -0.4 is 16.6 Å². The maximum absolute atomic E-state index is 13.2. The van der Waals surface area contributed by atoms with Crippen molar-refractivity contribution in [3.63, 3.8) is 0 Å². The molecule has 0 saturated carbocycles. The lowest BCUT2D eigenvalue weighted by Crippen LogP contribution is -2.42. The van der Waals surface area contributed by atoms with Gasteiger partial charge in [0.15, 0.2) is 11.3 Å². The van der Waals surface area contributed by atoms with E-state index in [1.165, 1.54) is 17.7 Å². The maximum atomic E-state index is 13.2. The number of nitrogens with zero attached hydrogens (tertiary/aromatic N) is 4. The van der Waals surface area contributed by atoms with Gasteiger partial charge in [0.05, 0.1) is 12.1 Å². The third kappa shape index (κ3) is 4.22. The van der Waals surface area contributed by atoms with Crippen LogP contribution in [0.5, 0.6) is 0 Å². The highest BCUT2D eigenvalue weighted by Gasteiger charge is 2.17. The first-order chi connectivity index (χ1) is 15.4. The lowest BCUT2D eigenvalue weighted by Gasteiger charge is -2.14. The molecule has 0 aliphatic rings. The van der Waals surface area contributed by atoms with Crippen molar-refractivity contribution in [1.82, 2.24) is 19.1 Å². The summed E-state index contributed by atoms with van der Waals surface area (Å²) in [5.41, 5.74) is 0.729. The monoisotopic (exact) mass is 429 g/mol. The van der Waals surface area contributed by atoms with E-state index in [0.717, 1.165) is 4.57 Å². The zero-order chi connectivity index (χ0) is 22.7. The first-order valence-electron chi connectivity index (χ1n) is 9.82. The fourth-order valence-electron chi connectivity index (χ4n) is 3.37. The van der Waals surface area contributed by atoms with Crippen LogP contribution >= 0.6 is 0 Å². The Morgan fingerprint density at radius 3 is 2.56 bits per heavy atom. The lowest BCUT2D eigenvalue weighted by molar-refractivity contribution is -0.116. The minimum atomic E-state index is -0.632. The number of aromatic nitrogens is 4. The van der Waals surface area contributed by atoms with Crippen molar-refractivity contribution in [2.45, 2.75) is 20.0 Å². The van der Waals surface area contributed by atoms with Crippen LogP contribution in [0.2, 0.25) is 0 Å². The van der Waals surface area contributed by atoms with Gasteiger partial charge in [0.1, 0.15) is 6.54 Å². The Labute approximate surface area is 182 Å². The van der Waals surface area contributed by atoms with Crippen molar-refractivity contribution < 1.29 is 9.59 Å². The molecule has 0 unspecified atom stereocenters. The summed E-state index contributed by atoms with van der Waals surface area (Å²) in [5.74, 6) is -0.610. The van der Waals surface area contributed by atoms with Gasteiger partial charge in [0, 0.05) is 29.8 Å². The molecule has 0 aliphatic carbocycles. The van der Waals surface area contributed by atoms with Crippen LogP contribution in [-0.4, -0.2) is 30.8 Å². The molecule has 4 rings (SSSR count). The van der Waals surface area contributed by atoms with E-state index in [4.69, 9.17) is 0 Å². The lowest BCUT2D eigenvalue weighted by atomic mass is 10.1. The third-order valence-corrected chi connectivity index (χ3v) is 4.90. The highest BCUT2D eigenvalue weighted by atomic mass is 16.2. The quantitative estimate of drug-likeness (QED) is 0.468. The van der Waals surface area contributed by atoms with E-state index in [2.05, 4.69) is 15.3 Å². The van der Waals surface area contributed by atoms with E-state index in [1.54, 1.807) is 60.9 Å². The summed E-state index contributed by atoms with van der Waals surface area (Å²) in [5, 5.41) is 2.69. The zero-order valence-electron chi connectivity index (χ0n) is 17.2. The molecule has 0 aliphatic heterocycles. The van der Waals surface area contributed by atoms with E-state index in [9.17, 15) is 19.2 Å². The largest absolute Gasteiger partial charge is 0.332 e. The average molecular weight is 429 g/mol. The van der Waals surface area contributed by atoms with Gasteiger partial charge in [-0.15, -0.1) is 0 Å². The summed E-state index contributed by atoms with van der Waals surface area (Å²) >= 11 is 0. The summed E-state index contributed by atoms with van der Waals surface area (Å²) in [6, 6.07) is 13.1. The van der Waals surface area contributed by atoms with E-state index < -0.39 is 17.2 Å². The molecule has 4 aromatic rings. The molecule has 9 heteroatoms. The summed E-state index contributed by atoms with van der Waals surface area (Å²) < 4.78 is 2.25. The second kappa shape index (κ2) is 8.76. The zero-order valence-corrected chi connectivity index (χ0v) is 17.2. The molecule has 1 amide bonds. The molecular formula is C23H19N5O4. The Morgan fingerprint density at radius 1 is 1.00 bits per heavy atom. The Kier molecular flexibility index (Phi) is 5.71. The summed E-state index contributed by atoms with van der Waals surface area (Å²) in [7, 11) is 0. The number of hydrogen-bond donors (Lipinski definition) is 1. The van der Waals surface area contributed by atoms with Gasteiger partial charge in [0.25, 0.3) is 5.56 Å². The molecule has 3 heterocycles. The minimum Gasteiger partial charge on any atom is -0.325 e. The number of rotatable bonds is 6. The minimum absolute atomic E-state index is 0.000294. The Balaban J connectivity index is 1.72. The van der Waals surface area contributed by atoms with Gasteiger partial charge in [0.2, 0.25) is 5.91 Å². The Hall–Kier alpha value is -4.40. The van der Waals surface area contributed by atoms with E-state index in [-0.39, 0.29) is 29.9 Å². The predicted molar refractivity (Wildman–Crippen MR) is 119 cm³/mol. The Morgan fingerprint density at radius 2 is 1.81 bits per heavy atom. The molecule has 0 atom stereocenters. The summed E-state index contributed by atoms with van der Waals surface area (Å²) in [6.45, 7) is 1.10. The van der Waals surface area contributed by atoms with Crippen LogP contribution in [0.25, 0.3) is 11.0 Å². The van der Waals surface area contributed by atoms with Crippen molar-refractivity contribution >= 4 is 28.4 Å². The molecule has 0 bridgehead atoms. The van der Waals surface area contributed by atoms with E-state index >= 15 is 0 Å². The third-order valence-electron chi connectivity index (χ3n) is 4.90. The van der Waals surface area contributed by atoms with E-state index in [0.29, 0.717) is 16.8 Å². The number of benzene rings is 1. The molecule has 0 fully saturated rings. The second-order valence-electron chi connectivity index (χ2n) is 7.18. The smallest absolute Gasteiger partial charge is 0.325 e. The first-order valence-corrected chi connectivity index (χ1v) is 9.82. The van der Waals surface area contributed by atoms with Crippen molar-refractivity contribution in [3.05, 3.63) is 99.1 Å². The van der Waals surface area contributed by atoms with Gasteiger partial charge in [-0.2, -0.15) is 0 Å². The normalized spacial score (nSPS) is 10.8. The van der Waals surface area contributed by atoms with Crippen molar-refractivity contribution in [2.24, 2.45) is 0 Å². The molecule has 1 N–H and O–H groups in total. The van der Waals surface area contributed by atoms with Gasteiger partial charge < -0.3 is 5.32 Å². The highest BCUT2D eigenvalue weighted by molar-refractivity contribution is 5.97. The molecule has 160 valence electrons. The molecule has 3 aromatic heterocycles. The number of hydrogen-bond acceptors (Lipinski definition) is 6. The topological polar surface area (TPSA) is 116 Å². The van der Waals surface area contributed by atoms with Gasteiger partial charge in [-0.1, -0.05) is 18.2 Å². The number of nitrogens with one attached hydrogen (secondary N) is 1. The Bertz CT molecular complexity index is 1440. The molecule has 0 radical (unpaired) electrons. The predicted octanol–water partition coefficient (Wildman–Crippen LogP) is 1.84. The number of Topliss-reactive ketones (excluding diaryl/α,β-unsaturated/α-hetero) is 1. The fourth-order valence-corrected chi connectivity index (χ4v) is 3.37. The first kappa shape index (κ1) is 20.9. The van der Waals surface area contributed by atoms with Crippen LogP contribution in [0, 0.1) is 0 Å². The van der Waals surface area contributed by atoms with Crippen LogP contribution in [-0.2, 0) is 17.9 Å². The number of fused-ring (bicyclic) bond motifs is 1. The number of pyridine rings is 2. The van der Waals surface area contributed by atoms with Gasteiger partial charge in [-0.05, 0) is 42.8 Å². The fraction of sp³-hybridized carbons (Fsp3) is 0.130. The van der Waals surface area contributed by atoms with Crippen LogP contribution in [0.15, 0.2) is 76.7 Å². The number of carbonyl (C=O) groups is 2. The van der Waals surface area contributed by atoms with Crippen molar-refractivity contribution in [3.8, 4) is 0 Å². The van der Waals surface area contributed by atoms with Gasteiger partial charge >= 0.3 is 5.69 Å². The molecule has 0 spiro atoms. The van der Waals surface area contributed by atoms with Crippen LogP contribution in [0.4, 0.5) is 5.69 Å². The highest BCUT2D eigenvalue weighted by Crippen LogP contribution is 2.12. The number of ketones is 1.